The molecular formula is C60H85Cl2N6O27P4S3+. The first kappa shape index (κ1) is 84.6. The van der Waals surface area contributed by atoms with Crippen molar-refractivity contribution in [3.8, 4) is 11.5 Å². The Balaban J connectivity index is 0.000000590. The van der Waals surface area contributed by atoms with Crippen LogP contribution in [0.1, 0.15) is 174 Å². The maximum absolute atomic E-state index is 13.8. The molecule has 0 saturated carbocycles. The molecule has 8 rings (SSSR count). The first-order valence-electron chi connectivity index (χ1n) is 31.9. The molecule has 42 heteroatoms. The average molecular weight is 1610 g/mol. The highest BCUT2D eigenvalue weighted by molar-refractivity contribution is 8.00. The molecule has 102 heavy (non-hydrogen) atoms. The SMILES string of the molecule is COP(=O)(O)CP(=O)(O)OP(=O)(O)OCCCCCCNC(=O)CCCCCNC(=O)CSc1c(C)c(C2=c3cc4c(c(S(=O)(=O)O)c3Oc3c2cc2c(c3S(=O)(=O)O)NC(C)(C)CC2C)=[NH+]C(C)(C)CC4C)c(C(=O)O)c(Cl)c1Cl.Cc1cn([C@H]2C[C@@H](O)[C@@H](COP(C)(=O)O)O2)c(=O)[nH]c1=O. The molecule has 4 aliphatic heterocycles. The Labute approximate surface area is 601 Å². The van der Waals surface area contributed by atoms with Gasteiger partial charge in [0.25, 0.3) is 15.7 Å². The van der Waals surface area contributed by atoms with Crippen molar-refractivity contribution in [3.05, 3.63) is 98.7 Å². The highest BCUT2D eigenvalue weighted by Crippen LogP contribution is 2.66. The second kappa shape index (κ2) is 33.2. The van der Waals surface area contributed by atoms with Gasteiger partial charge in [-0.3, -0.25) is 51.3 Å². The number of aryl methyl sites for hydroxylation is 1. The molecule has 4 aromatic rings. The second-order valence-corrected chi connectivity index (χ2v) is 38.8. The fourth-order valence-electron chi connectivity index (χ4n) is 12.6. The number of rotatable bonds is 30. The number of aromatic carboxylic acids is 1. The van der Waals surface area contributed by atoms with Crippen molar-refractivity contribution in [1.29, 1.82) is 0 Å². The van der Waals surface area contributed by atoms with Gasteiger partial charge in [-0.1, -0.05) is 56.3 Å². The van der Waals surface area contributed by atoms with Crippen molar-refractivity contribution >= 4 is 115 Å². The van der Waals surface area contributed by atoms with Gasteiger partial charge in [0, 0.05) is 95.8 Å². The van der Waals surface area contributed by atoms with E-state index in [1.807, 2.05) is 41.5 Å². The summed E-state index contributed by atoms with van der Waals surface area (Å²) in [5.41, 5.74) is -2.12. The highest BCUT2D eigenvalue weighted by Gasteiger charge is 2.46. The molecule has 0 aliphatic carbocycles. The number of carbonyl (C=O) groups is 3. The Bertz CT molecular complexity index is 4650. The topological polar surface area (TPSA) is 510 Å². The summed E-state index contributed by atoms with van der Waals surface area (Å²) < 4.78 is 155. The molecule has 0 radical (unpaired) electrons. The molecule has 9 atom stereocenters. The molecule has 5 heterocycles. The summed E-state index contributed by atoms with van der Waals surface area (Å²) >= 11 is 14.7. The number of hydrogen-bond donors (Lipinski definition) is 13. The number of halogens is 2. The van der Waals surface area contributed by atoms with Crippen molar-refractivity contribution in [3.63, 3.8) is 0 Å². The molecule has 2 amide bonds. The minimum atomic E-state index is -5.27. The maximum atomic E-state index is 13.8. The molecule has 0 spiro atoms. The number of aliphatic hydroxyl groups is 1. The fourth-order valence-corrected chi connectivity index (χ4v) is 21.0. The standard InChI is InChI=1S/C49H67Cl2N4O20P3S3.C11H17N2O7P/c1-26-22-48(4,5)54-40-29(26)20-31-36(32-21-30-27(2)23-49(6,7)55-41(30)46(81(69,70)71)43(32)74-42(31)45(40)80(66,67)68)35-28(3)44(39(51)38(50)37(35)47(58)59)79-24-34(57)53-18-14-11-12-16-33(56)52-17-13-9-10-15-19-73-78(64,65)75-77(62,63)25-76(60,61)72-8;1-6-4-13(11(16)12-10(6)15)9-3-7(14)8(20-9)5-19-21(2,17)18/h20-21,26-27,54H,9-19,22-25H2,1-8H3,(H,52,56)(H,53,57)(H,58,59)(H,60,61)(H,62,63)(H,64,65)(H,66,67,68)(H,69,70,71);4,7-9,14H,3,5H2,1-2H3,(H,17,18)(H,12,15,16)/p+1/t;7-,8-,9-/m.1/s1. The van der Waals surface area contributed by atoms with E-state index in [0.29, 0.717) is 74.6 Å². The molecule has 1 aromatic heterocycles. The summed E-state index contributed by atoms with van der Waals surface area (Å²) in [7, 11) is -27.9. The molecule has 1 fully saturated rings. The number of nitrogens with zero attached hydrogens (tertiary/aromatic N) is 1. The van der Waals surface area contributed by atoms with Gasteiger partial charge in [0.1, 0.15) is 12.3 Å². The summed E-state index contributed by atoms with van der Waals surface area (Å²) in [5, 5.41) is 28.9. The molecule has 6 unspecified atom stereocenters. The number of aromatic amines is 1. The maximum Gasteiger partial charge on any atom is 0.479 e. The van der Waals surface area contributed by atoms with Gasteiger partial charge in [0.2, 0.25) is 22.1 Å². The number of H-pyrrole nitrogens is 1. The zero-order valence-electron chi connectivity index (χ0n) is 57.2. The van der Waals surface area contributed by atoms with Crippen LogP contribution >= 0.6 is 65.6 Å². The van der Waals surface area contributed by atoms with E-state index >= 15 is 0 Å². The number of unbranched alkanes of at least 4 members (excludes halogenated alkanes) is 5. The molecule has 0 bridgehead atoms. The minimum Gasteiger partial charge on any atom is -0.478 e. The van der Waals surface area contributed by atoms with Gasteiger partial charge in [-0.2, -0.15) is 16.8 Å². The van der Waals surface area contributed by atoms with Gasteiger partial charge in [0.15, 0.2) is 27.8 Å². The monoisotopic (exact) mass is 1610 g/mol. The molecule has 3 aromatic carbocycles. The van der Waals surface area contributed by atoms with Crippen LogP contribution in [0.2, 0.25) is 10.0 Å². The molecule has 4 aliphatic rings. The lowest BCUT2D eigenvalue weighted by Gasteiger charge is -2.39. The number of phosphoric ester groups is 1. The summed E-state index contributed by atoms with van der Waals surface area (Å²) in [6.45, 7) is 15.1. The number of thioether (sulfide) groups is 1. The van der Waals surface area contributed by atoms with E-state index in [-0.39, 0.29) is 111 Å². The van der Waals surface area contributed by atoms with Crippen molar-refractivity contribution in [2.24, 2.45) is 0 Å². The number of carboxylic acids is 1. The number of aliphatic hydroxyl groups excluding tert-OH is 1. The summed E-state index contributed by atoms with van der Waals surface area (Å²) in [6, 6.07) is 3.20. The third-order valence-corrected chi connectivity index (χ3v) is 27.3. The van der Waals surface area contributed by atoms with Gasteiger partial charge in [-0.05, 0) is 109 Å². The Morgan fingerprint density at radius 3 is 2.04 bits per heavy atom. The highest BCUT2D eigenvalue weighted by atomic mass is 35.5. The van der Waals surface area contributed by atoms with Crippen molar-refractivity contribution in [2.75, 3.05) is 57.1 Å². The summed E-state index contributed by atoms with van der Waals surface area (Å²) in [5.74, 6) is -5.72. The van der Waals surface area contributed by atoms with E-state index in [1.165, 1.54) is 17.7 Å². The van der Waals surface area contributed by atoms with Crippen molar-refractivity contribution in [2.45, 2.75) is 182 Å². The number of fused-ring (bicyclic) bond motifs is 4. The number of benzene rings is 3. The second-order valence-electron chi connectivity index (χ2n) is 26.6. The predicted molar refractivity (Wildman–Crippen MR) is 374 cm³/mol. The normalized spacial score (nSPS) is 21.2. The Morgan fingerprint density at radius 1 is 0.824 bits per heavy atom. The lowest BCUT2D eigenvalue weighted by atomic mass is 9.78. The largest absolute Gasteiger partial charge is 0.479 e. The zero-order valence-corrected chi connectivity index (χ0v) is 64.7. The van der Waals surface area contributed by atoms with Crippen LogP contribution in [0.4, 0.5) is 5.69 Å². The van der Waals surface area contributed by atoms with E-state index in [0.717, 1.165) is 25.5 Å². The van der Waals surface area contributed by atoms with E-state index in [4.69, 9.17) is 42.1 Å². The van der Waals surface area contributed by atoms with Gasteiger partial charge in [-0.25, -0.2) is 23.5 Å². The lowest BCUT2D eigenvalue weighted by Crippen LogP contribution is -2.91. The van der Waals surface area contributed by atoms with E-state index in [2.05, 4.69) is 39.3 Å². The number of aromatic nitrogens is 2. The van der Waals surface area contributed by atoms with Crippen LogP contribution in [0.25, 0.3) is 5.57 Å². The van der Waals surface area contributed by atoms with E-state index in [9.17, 15) is 93.1 Å². The van der Waals surface area contributed by atoms with E-state index < -0.39 is 141 Å². The van der Waals surface area contributed by atoms with Crippen molar-refractivity contribution < 1.29 is 121 Å². The number of anilines is 1. The van der Waals surface area contributed by atoms with Gasteiger partial charge >= 0.3 is 52.4 Å². The lowest BCUT2D eigenvalue weighted by molar-refractivity contribution is -0.590. The number of phosphoric acid groups is 1. The van der Waals surface area contributed by atoms with Crippen LogP contribution < -0.4 is 47.5 Å². The molecular weight excluding hydrogens is 1530 g/mol. The summed E-state index contributed by atoms with van der Waals surface area (Å²) in [6.07, 6.45) is 3.61. The number of amides is 2. The summed E-state index contributed by atoms with van der Waals surface area (Å²) in [4.78, 5) is 104. The Kier molecular flexibility index (Phi) is 27.5. The molecule has 13 N–H and O–H groups in total. The smallest absolute Gasteiger partial charge is 0.478 e. The number of carbonyl (C=O) groups excluding carboxylic acids is 2. The van der Waals surface area contributed by atoms with Crippen LogP contribution in [0, 0.1) is 13.8 Å². The molecule has 1 saturated heterocycles. The number of carboxylic acid groups (broad SMARTS) is 1. The zero-order chi connectivity index (χ0) is 76.4. The van der Waals surface area contributed by atoms with Crippen LogP contribution in [-0.4, -0.2) is 158 Å². The quantitative estimate of drug-likeness (QED) is 0.0102. The molecule has 568 valence electrons. The number of ether oxygens (including phenoxy) is 2. The van der Waals surface area contributed by atoms with Gasteiger partial charge in [-0.15, -0.1) is 11.8 Å². The number of nitrogens with one attached hydrogen (secondary N) is 5. The average Bonchev–Trinajstić information content (AvgIpc) is 1.25. The Morgan fingerprint density at radius 2 is 1.43 bits per heavy atom. The van der Waals surface area contributed by atoms with Crippen LogP contribution in [0.15, 0.2) is 42.6 Å². The van der Waals surface area contributed by atoms with Gasteiger partial charge < -0.3 is 64.3 Å². The predicted octanol–water partition coefficient (Wildman–Crippen LogP) is 6.41. The molecule has 33 nitrogen and oxygen atoms in total. The fraction of sp³-hybridized carbons (Fsp3) is 0.567. The third kappa shape index (κ3) is 21.5. The first-order valence-corrected chi connectivity index (χ1v) is 43.5. The van der Waals surface area contributed by atoms with Crippen LogP contribution in [0.3, 0.4) is 0 Å². The first-order chi connectivity index (χ1) is 47.0. The van der Waals surface area contributed by atoms with Crippen molar-refractivity contribution in [1.82, 2.24) is 20.2 Å². The van der Waals surface area contributed by atoms with E-state index in [1.54, 1.807) is 19.1 Å². The minimum absolute atomic E-state index is 0.0242. The van der Waals surface area contributed by atoms with Crippen LogP contribution in [0.5, 0.6) is 11.5 Å². The third-order valence-electron chi connectivity index (χ3n) is 16.9. The van der Waals surface area contributed by atoms with Gasteiger partial charge in [0.05, 0.1) is 46.4 Å². The van der Waals surface area contributed by atoms with Crippen LogP contribution in [-0.2, 0) is 70.7 Å². The Hall–Kier alpha value is -4.71. The number of hydrogen-bond acceptors (Lipinski definition) is 22.